The SMILES string of the molecule is CCCN(CC)CC(C)(C)C(C)NCC. The van der Waals surface area contributed by atoms with Crippen LogP contribution in [0, 0.1) is 5.41 Å². The highest BCUT2D eigenvalue weighted by Crippen LogP contribution is 2.22. The molecule has 1 unspecified atom stereocenters. The van der Waals surface area contributed by atoms with Crippen molar-refractivity contribution in [1.82, 2.24) is 10.2 Å². The topological polar surface area (TPSA) is 15.3 Å². The van der Waals surface area contributed by atoms with Gasteiger partial charge in [-0.15, -0.1) is 0 Å². The Labute approximate surface area is 96.4 Å². The second-order valence-electron chi connectivity index (χ2n) is 5.14. The molecule has 92 valence electrons. The smallest absolute Gasteiger partial charge is 0.0102 e. The summed E-state index contributed by atoms with van der Waals surface area (Å²) in [6, 6.07) is 0.577. The second-order valence-corrected chi connectivity index (χ2v) is 5.14. The highest BCUT2D eigenvalue weighted by Gasteiger charge is 2.26. The molecular formula is C13H30N2. The van der Waals surface area contributed by atoms with Crippen LogP contribution in [0.1, 0.15) is 48.0 Å². The zero-order valence-electron chi connectivity index (χ0n) is 11.6. The fourth-order valence-electron chi connectivity index (χ4n) is 1.96. The normalized spacial score (nSPS) is 14.6. The van der Waals surface area contributed by atoms with Crippen LogP contribution >= 0.6 is 0 Å². The lowest BCUT2D eigenvalue weighted by Gasteiger charge is -2.37. The average molecular weight is 214 g/mol. The summed E-state index contributed by atoms with van der Waals surface area (Å²) in [5, 5.41) is 3.53. The number of nitrogens with zero attached hydrogens (tertiary/aromatic N) is 1. The monoisotopic (exact) mass is 214 g/mol. The van der Waals surface area contributed by atoms with E-state index in [1.54, 1.807) is 0 Å². The molecule has 1 atom stereocenters. The van der Waals surface area contributed by atoms with E-state index >= 15 is 0 Å². The summed E-state index contributed by atoms with van der Waals surface area (Å²) in [6.45, 7) is 18.3. The van der Waals surface area contributed by atoms with Crippen molar-refractivity contribution in [1.29, 1.82) is 0 Å². The molecule has 0 fully saturated rings. The summed E-state index contributed by atoms with van der Waals surface area (Å²) in [6.07, 6.45) is 1.25. The summed E-state index contributed by atoms with van der Waals surface area (Å²) < 4.78 is 0. The lowest BCUT2D eigenvalue weighted by atomic mass is 9.84. The minimum atomic E-state index is 0.348. The number of hydrogen-bond donors (Lipinski definition) is 1. The quantitative estimate of drug-likeness (QED) is 0.668. The van der Waals surface area contributed by atoms with Crippen molar-refractivity contribution in [2.24, 2.45) is 5.41 Å². The van der Waals surface area contributed by atoms with E-state index in [-0.39, 0.29) is 0 Å². The van der Waals surface area contributed by atoms with Gasteiger partial charge in [-0.1, -0.05) is 34.6 Å². The Balaban J connectivity index is 4.19. The van der Waals surface area contributed by atoms with E-state index in [4.69, 9.17) is 0 Å². The first kappa shape index (κ1) is 14.9. The molecule has 0 heterocycles. The largest absolute Gasteiger partial charge is 0.314 e. The van der Waals surface area contributed by atoms with E-state index < -0.39 is 0 Å². The molecule has 0 aromatic heterocycles. The highest BCUT2D eigenvalue weighted by atomic mass is 15.1. The van der Waals surface area contributed by atoms with Gasteiger partial charge in [0.25, 0.3) is 0 Å². The van der Waals surface area contributed by atoms with E-state index in [9.17, 15) is 0 Å². The summed E-state index contributed by atoms with van der Waals surface area (Å²) in [5.74, 6) is 0. The van der Waals surface area contributed by atoms with Gasteiger partial charge in [0.2, 0.25) is 0 Å². The van der Waals surface area contributed by atoms with Crippen molar-refractivity contribution in [2.45, 2.75) is 54.0 Å². The Morgan fingerprint density at radius 3 is 2.20 bits per heavy atom. The predicted molar refractivity (Wildman–Crippen MR) is 69.3 cm³/mol. The van der Waals surface area contributed by atoms with Crippen molar-refractivity contribution >= 4 is 0 Å². The molecule has 0 amide bonds. The van der Waals surface area contributed by atoms with Crippen LogP contribution in [0.5, 0.6) is 0 Å². The van der Waals surface area contributed by atoms with Crippen LogP contribution in [0.3, 0.4) is 0 Å². The molecule has 0 aromatic rings. The molecule has 0 bridgehead atoms. The Morgan fingerprint density at radius 1 is 1.20 bits per heavy atom. The first-order valence-corrected chi connectivity index (χ1v) is 6.43. The molecule has 0 rings (SSSR count). The van der Waals surface area contributed by atoms with Crippen molar-refractivity contribution in [3.8, 4) is 0 Å². The Hall–Kier alpha value is -0.0800. The third-order valence-electron chi connectivity index (χ3n) is 3.30. The maximum Gasteiger partial charge on any atom is 0.0102 e. The lowest BCUT2D eigenvalue weighted by Crippen LogP contribution is -2.46. The predicted octanol–water partition coefficient (Wildman–Crippen LogP) is 2.74. The zero-order valence-corrected chi connectivity index (χ0v) is 11.6. The van der Waals surface area contributed by atoms with Crippen LogP contribution in [0.2, 0.25) is 0 Å². The van der Waals surface area contributed by atoms with Gasteiger partial charge in [-0.05, 0) is 38.4 Å². The van der Waals surface area contributed by atoms with Crippen LogP contribution in [-0.2, 0) is 0 Å². The van der Waals surface area contributed by atoms with Gasteiger partial charge in [-0.3, -0.25) is 0 Å². The molecule has 2 heteroatoms. The Bertz CT molecular complexity index is 155. The van der Waals surface area contributed by atoms with E-state index in [0.717, 1.165) is 13.1 Å². The summed E-state index contributed by atoms with van der Waals surface area (Å²) >= 11 is 0. The van der Waals surface area contributed by atoms with Crippen LogP contribution in [0.25, 0.3) is 0 Å². The highest BCUT2D eigenvalue weighted by molar-refractivity contribution is 4.83. The van der Waals surface area contributed by atoms with Gasteiger partial charge in [-0.25, -0.2) is 0 Å². The van der Waals surface area contributed by atoms with Gasteiger partial charge < -0.3 is 10.2 Å². The van der Waals surface area contributed by atoms with Crippen molar-refractivity contribution in [3.63, 3.8) is 0 Å². The summed E-state index contributed by atoms with van der Waals surface area (Å²) in [4.78, 5) is 2.55. The third-order valence-corrected chi connectivity index (χ3v) is 3.30. The van der Waals surface area contributed by atoms with Gasteiger partial charge in [0, 0.05) is 12.6 Å². The number of hydrogen-bond acceptors (Lipinski definition) is 2. The van der Waals surface area contributed by atoms with Crippen LogP contribution in [0.4, 0.5) is 0 Å². The zero-order chi connectivity index (χ0) is 11.9. The molecular weight excluding hydrogens is 184 g/mol. The van der Waals surface area contributed by atoms with E-state index in [1.807, 2.05) is 0 Å². The molecule has 1 N–H and O–H groups in total. The van der Waals surface area contributed by atoms with Crippen molar-refractivity contribution < 1.29 is 0 Å². The van der Waals surface area contributed by atoms with Gasteiger partial charge in [0.15, 0.2) is 0 Å². The average Bonchev–Trinajstić information content (AvgIpc) is 2.17. The van der Waals surface area contributed by atoms with E-state index in [0.29, 0.717) is 11.5 Å². The first-order chi connectivity index (χ1) is 6.97. The number of nitrogens with one attached hydrogen (secondary N) is 1. The molecule has 0 saturated carbocycles. The van der Waals surface area contributed by atoms with Crippen molar-refractivity contribution in [3.05, 3.63) is 0 Å². The van der Waals surface area contributed by atoms with Gasteiger partial charge >= 0.3 is 0 Å². The molecule has 0 aliphatic rings. The van der Waals surface area contributed by atoms with Crippen molar-refractivity contribution in [2.75, 3.05) is 26.2 Å². The standard InChI is InChI=1S/C13H30N2/c1-7-10-15(9-3)11-13(5,6)12(4)14-8-2/h12,14H,7-11H2,1-6H3. The fourth-order valence-corrected chi connectivity index (χ4v) is 1.96. The Kier molecular flexibility index (Phi) is 7.20. The molecule has 2 nitrogen and oxygen atoms in total. The molecule has 0 radical (unpaired) electrons. The fraction of sp³-hybridized carbons (Fsp3) is 1.00. The maximum absolute atomic E-state index is 3.53. The maximum atomic E-state index is 3.53. The van der Waals surface area contributed by atoms with Gasteiger partial charge in [0.05, 0.1) is 0 Å². The lowest BCUT2D eigenvalue weighted by molar-refractivity contribution is 0.148. The minimum absolute atomic E-state index is 0.348. The molecule has 0 aliphatic carbocycles. The molecule has 0 aromatic carbocycles. The second kappa shape index (κ2) is 7.24. The molecule has 15 heavy (non-hydrogen) atoms. The van der Waals surface area contributed by atoms with Gasteiger partial charge in [0.1, 0.15) is 0 Å². The first-order valence-electron chi connectivity index (χ1n) is 6.43. The van der Waals surface area contributed by atoms with Crippen LogP contribution in [-0.4, -0.2) is 37.1 Å². The molecule has 0 saturated heterocycles. The molecule has 0 aliphatic heterocycles. The van der Waals surface area contributed by atoms with E-state index in [1.165, 1.54) is 19.5 Å². The van der Waals surface area contributed by atoms with Crippen LogP contribution < -0.4 is 5.32 Å². The van der Waals surface area contributed by atoms with E-state index in [2.05, 4.69) is 51.8 Å². The Morgan fingerprint density at radius 2 is 1.80 bits per heavy atom. The summed E-state index contributed by atoms with van der Waals surface area (Å²) in [5.41, 5.74) is 0.348. The summed E-state index contributed by atoms with van der Waals surface area (Å²) in [7, 11) is 0. The number of rotatable bonds is 8. The van der Waals surface area contributed by atoms with Crippen LogP contribution in [0.15, 0.2) is 0 Å². The van der Waals surface area contributed by atoms with Gasteiger partial charge in [-0.2, -0.15) is 0 Å². The minimum Gasteiger partial charge on any atom is -0.314 e. The third kappa shape index (κ3) is 5.53. The molecule has 0 spiro atoms.